The second kappa shape index (κ2) is 4.92. The van der Waals surface area contributed by atoms with Crippen LogP contribution in [0, 0.1) is 0 Å². The molecule has 6 heteroatoms. The van der Waals surface area contributed by atoms with Crippen molar-refractivity contribution in [3.63, 3.8) is 0 Å². The molecule has 0 unspecified atom stereocenters. The highest BCUT2D eigenvalue weighted by Crippen LogP contribution is 2.51. The standard InChI is InChI=1S/C6H2Br6/c7-3-1(5(9)10)2(4(3)8)6(11)12/h3-4H/t3-,4-/m0/s1. The Balaban J connectivity index is 3.08. The van der Waals surface area contributed by atoms with E-state index in [1.807, 2.05) is 0 Å². The minimum absolute atomic E-state index is 0.353. The summed E-state index contributed by atoms with van der Waals surface area (Å²) in [6.07, 6.45) is 0. The maximum absolute atomic E-state index is 3.56. The van der Waals surface area contributed by atoms with E-state index in [1.165, 1.54) is 11.1 Å². The highest BCUT2D eigenvalue weighted by atomic mass is 79.9. The molecule has 2 atom stereocenters. The molecule has 0 aliphatic heterocycles. The molecule has 0 aromatic rings. The van der Waals surface area contributed by atoms with Gasteiger partial charge in [0.05, 0.1) is 16.4 Å². The summed E-state index contributed by atoms with van der Waals surface area (Å²) in [6, 6.07) is 0. The average Bonchev–Trinajstić information content (AvgIpc) is 1.96. The first kappa shape index (κ1) is 12.4. The summed E-state index contributed by atoms with van der Waals surface area (Å²) in [6.45, 7) is 0. The second-order valence-corrected chi connectivity index (χ2v) is 9.42. The topological polar surface area (TPSA) is 0 Å². The molecule has 0 amide bonds. The van der Waals surface area contributed by atoms with Crippen molar-refractivity contribution in [2.75, 3.05) is 0 Å². The van der Waals surface area contributed by atoms with Crippen molar-refractivity contribution in [1.82, 2.24) is 0 Å². The lowest BCUT2D eigenvalue weighted by atomic mass is 9.88. The number of rotatable bonds is 0. The zero-order valence-corrected chi connectivity index (χ0v) is 14.9. The van der Waals surface area contributed by atoms with E-state index in [9.17, 15) is 0 Å². The van der Waals surface area contributed by atoms with Crippen LogP contribution in [0.1, 0.15) is 0 Å². The second-order valence-electron chi connectivity index (χ2n) is 2.15. The van der Waals surface area contributed by atoms with E-state index in [4.69, 9.17) is 0 Å². The molecule has 0 N–H and O–H groups in total. The Morgan fingerprint density at radius 2 is 1.00 bits per heavy atom. The first-order valence-electron chi connectivity index (χ1n) is 2.85. The molecule has 68 valence electrons. The maximum Gasteiger partial charge on any atom is 0.0651 e. The lowest BCUT2D eigenvalue weighted by molar-refractivity contribution is 0.897. The Bertz CT molecular complexity index is 229. The fourth-order valence-electron chi connectivity index (χ4n) is 0.906. The van der Waals surface area contributed by atoms with Crippen molar-refractivity contribution in [2.45, 2.75) is 9.65 Å². The van der Waals surface area contributed by atoms with Crippen LogP contribution in [0.2, 0.25) is 0 Å². The largest absolute Gasteiger partial charge is 0.0822 e. The number of alkyl halides is 2. The molecular weight excluding hydrogens is 551 g/mol. The van der Waals surface area contributed by atoms with Crippen LogP contribution in [0.15, 0.2) is 17.9 Å². The van der Waals surface area contributed by atoms with E-state index >= 15 is 0 Å². The molecule has 0 aromatic carbocycles. The summed E-state index contributed by atoms with van der Waals surface area (Å²) in [5, 5.41) is 0. The van der Waals surface area contributed by atoms with Gasteiger partial charge in [0.15, 0.2) is 0 Å². The molecule has 1 fully saturated rings. The number of allylic oxidation sites excluding steroid dienone is 2. The quantitative estimate of drug-likeness (QED) is 0.346. The van der Waals surface area contributed by atoms with Crippen LogP contribution < -0.4 is 0 Å². The highest BCUT2D eigenvalue weighted by molar-refractivity contribution is 9.28. The van der Waals surface area contributed by atoms with Gasteiger partial charge in [-0.3, -0.25) is 0 Å². The molecule has 12 heavy (non-hydrogen) atoms. The van der Waals surface area contributed by atoms with Crippen LogP contribution in [-0.4, -0.2) is 9.65 Å². The van der Waals surface area contributed by atoms with Gasteiger partial charge in [-0.15, -0.1) is 0 Å². The predicted molar refractivity (Wildman–Crippen MR) is 75.2 cm³/mol. The lowest BCUT2D eigenvalue weighted by Gasteiger charge is -2.35. The van der Waals surface area contributed by atoms with Crippen molar-refractivity contribution in [2.24, 2.45) is 0 Å². The van der Waals surface area contributed by atoms with Gasteiger partial charge in [-0.25, -0.2) is 0 Å². The molecule has 0 aromatic heterocycles. The van der Waals surface area contributed by atoms with Crippen LogP contribution >= 0.6 is 95.6 Å². The molecule has 1 rings (SSSR count). The number of hydrogen-bond donors (Lipinski definition) is 0. The van der Waals surface area contributed by atoms with Gasteiger partial charge in [-0.05, 0) is 74.9 Å². The fraction of sp³-hybridized carbons (Fsp3) is 0.333. The fourth-order valence-corrected chi connectivity index (χ4v) is 5.45. The van der Waals surface area contributed by atoms with E-state index in [-0.39, 0.29) is 0 Å². The van der Waals surface area contributed by atoms with Gasteiger partial charge >= 0.3 is 0 Å². The van der Waals surface area contributed by atoms with Crippen LogP contribution in [0.5, 0.6) is 0 Å². The summed E-state index contributed by atoms with van der Waals surface area (Å²) in [4.78, 5) is 0.706. The van der Waals surface area contributed by atoms with E-state index < -0.39 is 0 Å². The van der Waals surface area contributed by atoms with Gasteiger partial charge in [0.25, 0.3) is 0 Å². The SMILES string of the molecule is BrC(Br)=C1C(=C(Br)Br)[C@H](Br)[C@H]1Br. The van der Waals surface area contributed by atoms with E-state index in [1.54, 1.807) is 0 Å². The van der Waals surface area contributed by atoms with Crippen molar-refractivity contribution in [3.05, 3.63) is 17.9 Å². The lowest BCUT2D eigenvalue weighted by Crippen LogP contribution is -2.34. The molecule has 0 heterocycles. The molecule has 1 aliphatic rings. The minimum atomic E-state index is 0.353. The number of halogens is 6. The zero-order valence-electron chi connectivity index (χ0n) is 5.42. The Labute approximate surface area is 121 Å². The molecule has 0 spiro atoms. The van der Waals surface area contributed by atoms with Gasteiger partial charge in [0.1, 0.15) is 0 Å². The molecule has 0 nitrogen and oxygen atoms in total. The van der Waals surface area contributed by atoms with E-state index in [2.05, 4.69) is 95.6 Å². The monoisotopic (exact) mass is 548 g/mol. The molecule has 0 radical (unpaired) electrons. The van der Waals surface area contributed by atoms with Crippen LogP contribution in [0.25, 0.3) is 0 Å². The third-order valence-corrected chi connectivity index (χ3v) is 5.90. The minimum Gasteiger partial charge on any atom is -0.0822 e. The van der Waals surface area contributed by atoms with Crippen LogP contribution in [0.3, 0.4) is 0 Å². The molecule has 0 saturated heterocycles. The van der Waals surface area contributed by atoms with Gasteiger partial charge < -0.3 is 0 Å². The smallest absolute Gasteiger partial charge is 0.0651 e. The van der Waals surface area contributed by atoms with Crippen molar-refractivity contribution in [1.29, 1.82) is 0 Å². The summed E-state index contributed by atoms with van der Waals surface area (Å²) in [5.74, 6) is 0. The molecular formula is C6H2Br6. The Hall–Kier alpha value is 2.36. The van der Waals surface area contributed by atoms with Gasteiger partial charge in [-0.1, -0.05) is 31.9 Å². The van der Waals surface area contributed by atoms with Gasteiger partial charge in [0.2, 0.25) is 0 Å². The third kappa shape index (κ3) is 2.30. The predicted octanol–water partition coefficient (Wildman–Crippen LogP) is 5.53. The third-order valence-electron chi connectivity index (χ3n) is 1.51. The van der Waals surface area contributed by atoms with E-state index in [0.29, 0.717) is 9.65 Å². The summed E-state index contributed by atoms with van der Waals surface area (Å²) < 4.78 is 1.97. The molecule has 1 aliphatic carbocycles. The van der Waals surface area contributed by atoms with E-state index in [0.717, 1.165) is 6.78 Å². The first-order chi connectivity index (χ1) is 5.46. The Kier molecular flexibility index (Phi) is 5.10. The van der Waals surface area contributed by atoms with Crippen molar-refractivity contribution >= 4 is 95.6 Å². The zero-order chi connectivity index (χ0) is 9.46. The average molecular weight is 554 g/mol. The van der Waals surface area contributed by atoms with Crippen molar-refractivity contribution in [3.8, 4) is 0 Å². The van der Waals surface area contributed by atoms with Crippen LogP contribution in [0.4, 0.5) is 0 Å². The maximum atomic E-state index is 3.56. The van der Waals surface area contributed by atoms with Gasteiger partial charge in [0, 0.05) is 0 Å². The first-order valence-corrected chi connectivity index (χ1v) is 7.86. The van der Waals surface area contributed by atoms with Gasteiger partial charge in [-0.2, -0.15) is 0 Å². The highest BCUT2D eigenvalue weighted by Gasteiger charge is 2.40. The van der Waals surface area contributed by atoms with Crippen LogP contribution in [-0.2, 0) is 0 Å². The molecule has 0 bridgehead atoms. The summed E-state index contributed by atoms with van der Waals surface area (Å²) in [7, 11) is 0. The Morgan fingerprint density at radius 3 is 1.17 bits per heavy atom. The normalized spacial score (nSPS) is 28.5. The van der Waals surface area contributed by atoms with Crippen molar-refractivity contribution < 1.29 is 0 Å². The molecule has 1 saturated carbocycles. The summed E-state index contributed by atoms with van der Waals surface area (Å²) >= 11 is 20.7. The summed E-state index contributed by atoms with van der Waals surface area (Å²) in [5.41, 5.74) is 2.45. The number of hydrogen-bond acceptors (Lipinski definition) is 0. The Morgan fingerprint density at radius 1 is 0.750 bits per heavy atom.